The minimum Gasteiger partial charge on any atom is -0.324 e. The summed E-state index contributed by atoms with van der Waals surface area (Å²) in [4.78, 5) is 17.5. The summed E-state index contributed by atoms with van der Waals surface area (Å²) in [5, 5.41) is 5.99. The van der Waals surface area contributed by atoms with Crippen molar-refractivity contribution in [1.82, 2.24) is 10.3 Å². The van der Waals surface area contributed by atoms with Gasteiger partial charge in [0.15, 0.2) is 0 Å². The molecule has 7 heteroatoms. The summed E-state index contributed by atoms with van der Waals surface area (Å²) in [6, 6.07) is 5.70. The molecule has 1 atom stereocenters. The van der Waals surface area contributed by atoms with Crippen LogP contribution in [0.25, 0.3) is 0 Å². The predicted octanol–water partition coefficient (Wildman–Crippen LogP) is 3.68. The number of nitrogens with zero attached hydrogens (tertiary/aromatic N) is 1. The van der Waals surface area contributed by atoms with E-state index >= 15 is 0 Å². The molecule has 1 aromatic carbocycles. The lowest BCUT2D eigenvalue weighted by atomic mass is 9.97. The Morgan fingerprint density at radius 1 is 1.25 bits per heavy atom. The number of carbonyl (C=O) groups is 1. The summed E-state index contributed by atoms with van der Waals surface area (Å²) < 4.78 is 28.9. The van der Waals surface area contributed by atoms with E-state index < -0.39 is 25.8 Å². The molecular weight excluding hydrogens is 376 g/mol. The van der Waals surface area contributed by atoms with Gasteiger partial charge in [-0.05, 0) is 24.6 Å². The van der Waals surface area contributed by atoms with E-state index in [1.165, 1.54) is 12.1 Å². The summed E-state index contributed by atoms with van der Waals surface area (Å²) in [5.74, 6) is -1.54. The molecule has 1 aromatic heterocycles. The van der Waals surface area contributed by atoms with E-state index in [1.807, 2.05) is 31.8 Å². The Morgan fingerprint density at radius 3 is 2.54 bits per heavy atom. The Morgan fingerprint density at radius 2 is 1.93 bits per heavy atom. The van der Waals surface area contributed by atoms with E-state index in [1.54, 1.807) is 0 Å². The van der Waals surface area contributed by atoms with Crippen LogP contribution in [-0.4, -0.2) is 25.5 Å². The van der Waals surface area contributed by atoms with E-state index in [-0.39, 0.29) is 16.8 Å². The number of nitrogens with one attached hydrogen (secondary N) is 2. The van der Waals surface area contributed by atoms with Gasteiger partial charge in [0.25, 0.3) is 0 Å². The molecule has 2 heterocycles. The topological polar surface area (TPSA) is 54.0 Å². The molecule has 0 radical (unpaired) electrons. The predicted molar refractivity (Wildman–Crippen MR) is 111 cm³/mol. The molecule has 2 N–H and O–H groups in total. The number of amides is 1. The van der Waals surface area contributed by atoms with Gasteiger partial charge in [-0.15, -0.1) is 0 Å². The van der Waals surface area contributed by atoms with Crippen LogP contribution in [0.15, 0.2) is 24.3 Å². The zero-order valence-electron chi connectivity index (χ0n) is 16.8. The molecule has 0 saturated heterocycles. The monoisotopic (exact) mass is 403 g/mol. The number of anilines is 1. The second-order valence-corrected chi connectivity index (χ2v) is 13.3. The van der Waals surface area contributed by atoms with Crippen molar-refractivity contribution < 1.29 is 13.6 Å². The van der Waals surface area contributed by atoms with E-state index in [9.17, 15) is 13.6 Å². The smallest absolute Gasteiger partial charge is 0.246 e. The maximum absolute atomic E-state index is 14.5. The highest BCUT2D eigenvalue weighted by Crippen LogP contribution is 2.24. The van der Waals surface area contributed by atoms with Crippen molar-refractivity contribution in [3.05, 3.63) is 52.9 Å². The van der Waals surface area contributed by atoms with E-state index in [4.69, 9.17) is 0 Å². The van der Waals surface area contributed by atoms with Gasteiger partial charge in [0.2, 0.25) is 5.91 Å². The first kappa shape index (κ1) is 20.6. The molecule has 0 spiro atoms. The maximum atomic E-state index is 14.5. The van der Waals surface area contributed by atoms with Crippen LogP contribution >= 0.6 is 0 Å². The average Bonchev–Trinajstić information content (AvgIpc) is 2.59. The zero-order valence-corrected chi connectivity index (χ0v) is 17.8. The third kappa shape index (κ3) is 4.30. The van der Waals surface area contributed by atoms with Crippen LogP contribution in [0.2, 0.25) is 19.6 Å². The molecular formula is C21H27F2N3OSi. The summed E-state index contributed by atoms with van der Waals surface area (Å²) in [6.45, 7) is 8.38. The molecule has 2 aromatic rings. The number of aromatic nitrogens is 1. The standard InChI is InChI=1S/C21H27F2N3OSi/c1-5-6-13-7-8-15-18(25-13)9-10-24-19(15)21(27)26-14-11-16(22)20(17(23)12-14)28(2,3)4/h7-8,11-12,19,24H,5-6,9-10H2,1-4H3,(H,26,27). The van der Waals surface area contributed by atoms with Gasteiger partial charge in [-0.2, -0.15) is 0 Å². The van der Waals surface area contributed by atoms with E-state index in [0.717, 1.165) is 36.2 Å². The third-order valence-corrected chi connectivity index (χ3v) is 6.89. The molecule has 0 saturated carbocycles. The highest BCUT2D eigenvalue weighted by molar-refractivity contribution is 6.88. The quantitative estimate of drug-likeness (QED) is 0.749. The lowest BCUT2D eigenvalue weighted by molar-refractivity contribution is -0.118. The SMILES string of the molecule is CCCc1ccc2c(n1)CCNC2C(=O)Nc1cc(F)c([Si](C)(C)C)c(F)c1. The fourth-order valence-corrected chi connectivity index (χ4v) is 5.25. The molecule has 4 nitrogen and oxygen atoms in total. The molecule has 0 bridgehead atoms. The van der Waals surface area contributed by atoms with E-state index in [2.05, 4.69) is 22.5 Å². The van der Waals surface area contributed by atoms with Crippen LogP contribution in [0.4, 0.5) is 14.5 Å². The van der Waals surface area contributed by atoms with Gasteiger partial charge in [0.1, 0.15) is 17.7 Å². The Bertz CT molecular complexity index is 873. The van der Waals surface area contributed by atoms with Crippen LogP contribution < -0.4 is 15.8 Å². The number of fused-ring (bicyclic) bond motifs is 1. The van der Waals surface area contributed by atoms with Crippen molar-refractivity contribution >= 4 is 24.9 Å². The van der Waals surface area contributed by atoms with Gasteiger partial charge >= 0.3 is 0 Å². The van der Waals surface area contributed by atoms with Gasteiger partial charge in [-0.3, -0.25) is 9.78 Å². The molecule has 1 amide bonds. The molecule has 1 aliphatic rings. The summed E-state index contributed by atoms with van der Waals surface area (Å²) in [6.07, 6.45) is 2.67. The van der Waals surface area contributed by atoms with Crippen molar-refractivity contribution in [2.24, 2.45) is 0 Å². The van der Waals surface area contributed by atoms with Crippen LogP contribution in [0.5, 0.6) is 0 Å². The number of rotatable bonds is 5. The van der Waals surface area contributed by atoms with Gasteiger partial charge in [-0.1, -0.05) is 39.1 Å². The van der Waals surface area contributed by atoms with Crippen LogP contribution in [0, 0.1) is 11.6 Å². The molecule has 0 fully saturated rings. The normalized spacial score (nSPS) is 16.6. The van der Waals surface area contributed by atoms with Crippen molar-refractivity contribution in [1.29, 1.82) is 0 Å². The Balaban J connectivity index is 1.83. The van der Waals surface area contributed by atoms with Crippen LogP contribution in [0.3, 0.4) is 0 Å². The molecule has 28 heavy (non-hydrogen) atoms. The van der Waals surface area contributed by atoms with Gasteiger partial charge in [0.05, 0.1) is 8.07 Å². The van der Waals surface area contributed by atoms with Gasteiger partial charge in [0, 0.05) is 40.8 Å². The van der Waals surface area contributed by atoms with Crippen LogP contribution in [-0.2, 0) is 17.6 Å². The minimum absolute atomic E-state index is 0.131. The fourth-order valence-electron chi connectivity index (χ4n) is 3.67. The first-order valence-electron chi connectivity index (χ1n) is 9.73. The summed E-state index contributed by atoms with van der Waals surface area (Å²) in [5.41, 5.74) is 2.89. The Kier molecular flexibility index (Phi) is 5.95. The number of hydrogen-bond donors (Lipinski definition) is 2. The lowest BCUT2D eigenvalue weighted by Crippen LogP contribution is -2.42. The number of pyridine rings is 1. The summed E-state index contributed by atoms with van der Waals surface area (Å²) >= 11 is 0. The third-order valence-electron chi connectivity index (χ3n) is 4.92. The molecule has 1 aliphatic heterocycles. The number of carbonyl (C=O) groups excluding carboxylic acids is 1. The van der Waals surface area contributed by atoms with Gasteiger partial charge in [-0.25, -0.2) is 8.78 Å². The van der Waals surface area contributed by atoms with Crippen LogP contribution in [0.1, 0.15) is 36.3 Å². The maximum Gasteiger partial charge on any atom is 0.246 e. The zero-order chi connectivity index (χ0) is 20.5. The van der Waals surface area contributed by atoms with Crippen molar-refractivity contribution in [2.45, 2.75) is 51.9 Å². The van der Waals surface area contributed by atoms with Gasteiger partial charge < -0.3 is 10.6 Å². The average molecular weight is 404 g/mol. The number of hydrogen-bond acceptors (Lipinski definition) is 3. The van der Waals surface area contributed by atoms with E-state index in [0.29, 0.717) is 6.54 Å². The number of benzene rings is 1. The van der Waals surface area contributed by atoms with Crippen molar-refractivity contribution in [2.75, 3.05) is 11.9 Å². The second-order valence-electron chi connectivity index (χ2n) is 8.28. The highest BCUT2D eigenvalue weighted by Gasteiger charge is 2.29. The Labute approximate surface area is 165 Å². The first-order chi connectivity index (χ1) is 13.2. The largest absolute Gasteiger partial charge is 0.324 e. The molecule has 3 rings (SSSR count). The van der Waals surface area contributed by atoms with Crippen molar-refractivity contribution in [3.63, 3.8) is 0 Å². The second kappa shape index (κ2) is 8.09. The van der Waals surface area contributed by atoms with Crippen molar-refractivity contribution in [3.8, 4) is 0 Å². The highest BCUT2D eigenvalue weighted by atomic mass is 28.3. The molecule has 0 aliphatic carbocycles. The fraction of sp³-hybridized carbons (Fsp3) is 0.429. The lowest BCUT2D eigenvalue weighted by Gasteiger charge is -2.26. The number of halogens is 2. The Hall–Kier alpha value is -2.12. The first-order valence-corrected chi connectivity index (χ1v) is 13.2. The minimum atomic E-state index is -2.16. The molecule has 150 valence electrons. The molecule has 1 unspecified atom stereocenters. The number of aryl methyl sites for hydroxylation is 1. The summed E-state index contributed by atoms with van der Waals surface area (Å²) in [7, 11) is -2.16.